The van der Waals surface area contributed by atoms with E-state index in [1.807, 2.05) is 6.66 Å². The molecule has 80 valence electrons. The lowest BCUT2D eigenvalue weighted by molar-refractivity contribution is 1.04. The quantitative estimate of drug-likeness (QED) is 0.328. The zero-order valence-corrected chi connectivity index (χ0v) is 12.9. The lowest BCUT2D eigenvalue weighted by Crippen LogP contribution is -2.09. The van der Waals surface area contributed by atoms with Gasteiger partial charge >= 0.3 is 0 Å². The van der Waals surface area contributed by atoms with E-state index in [-0.39, 0.29) is 0 Å². The van der Waals surface area contributed by atoms with Crippen LogP contribution in [0.4, 0.5) is 0 Å². The highest BCUT2D eigenvalue weighted by Gasteiger charge is 2.40. The van der Waals surface area contributed by atoms with Crippen LogP contribution in [0.3, 0.4) is 0 Å². The van der Waals surface area contributed by atoms with Crippen molar-refractivity contribution < 1.29 is 0 Å². The van der Waals surface area contributed by atoms with Gasteiger partial charge < -0.3 is 0 Å². The number of hydrogen-bond acceptors (Lipinski definition) is 3. The predicted molar refractivity (Wildman–Crippen MR) is 69.7 cm³/mol. The van der Waals surface area contributed by atoms with E-state index in [9.17, 15) is 0 Å². The maximum Gasteiger partial charge on any atom is 0.210 e. The van der Waals surface area contributed by atoms with Gasteiger partial charge in [0.1, 0.15) is 7.21 Å². The van der Waals surface area contributed by atoms with Crippen molar-refractivity contribution in [2.45, 2.75) is 6.92 Å². The molecule has 0 saturated carbocycles. The van der Waals surface area contributed by atoms with Gasteiger partial charge in [-0.2, -0.15) is 0 Å². The van der Waals surface area contributed by atoms with Gasteiger partial charge in [-0.1, -0.05) is 17.2 Å². The minimum atomic E-state index is -2.07. The Hall–Kier alpha value is 1.73. The number of hydrogen-bond donors (Lipinski definition) is 0. The molecular formula is C4H6Cl4N3P3. The summed E-state index contributed by atoms with van der Waals surface area (Å²) in [5.41, 5.74) is 2.96. The van der Waals surface area contributed by atoms with E-state index in [1.165, 1.54) is 7.92 Å². The Morgan fingerprint density at radius 1 is 1.36 bits per heavy atom. The van der Waals surface area contributed by atoms with E-state index in [2.05, 4.69) is 16.1 Å². The van der Waals surface area contributed by atoms with Crippen molar-refractivity contribution in [2.24, 2.45) is 4.52 Å². The molecule has 0 aliphatic carbocycles. The number of nitrogens with zero attached hydrogens (tertiary/aromatic N) is 3. The molecule has 0 bridgehead atoms. The molecule has 3 unspecified atom stereocenters. The molecule has 10 heteroatoms. The third kappa shape index (κ3) is 2.70. The molecule has 3 nitrogen and oxygen atoms in total. The molecule has 1 heterocycles. The molecule has 0 radical (unpaired) electrons. The van der Waals surface area contributed by atoms with Crippen LogP contribution in [0, 0.1) is 11.6 Å². The Labute approximate surface area is 106 Å². The minimum Gasteiger partial charge on any atom is -0.218 e. The van der Waals surface area contributed by atoms with Crippen LogP contribution in [-0.4, -0.2) is 14.6 Å². The zero-order valence-electron chi connectivity index (χ0n) is 7.20. The molecule has 14 heavy (non-hydrogen) atoms. The topological polar surface area (TPSA) is 18.8 Å². The largest absolute Gasteiger partial charge is 0.218 e. The van der Waals surface area contributed by atoms with E-state index in [0.717, 1.165) is 0 Å². The zero-order chi connectivity index (χ0) is 10.9. The first-order valence-electron chi connectivity index (χ1n) is 3.30. The van der Waals surface area contributed by atoms with Crippen molar-refractivity contribution in [3.8, 4) is 11.6 Å². The maximum atomic E-state index is 6.02. The lowest BCUT2D eigenvalue weighted by atomic mass is 10.8. The van der Waals surface area contributed by atoms with Gasteiger partial charge in [-0.25, -0.2) is 4.52 Å². The van der Waals surface area contributed by atoms with Gasteiger partial charge in [0.25, 0.3) is 0 Å². The molecule has 0 aromatic heterocycles. The Bertz CT molecular complexity index is 338. The summed E-state index contributed by atoms with van der Waals surface area (Å²) < 4.78 is 6.98. The molecule has 1 aliphatic rings. The second kappa shape index (κ2) is 5.37. The number of rotatable bonds is 0. The molecule has 3 atom stereocenters. The number of halogens is 4. The third-order valence-corrected chi connectivity index (χ3v) is 13.7. The van der Waals surface area contributed by atoms with E-state index in [4.69, 9.17) is 46.0 Å². The first kappa shape index (κ1) is 13.8. The monoisotopic (exact) mass is 329 g/mol. The fraction of sp³-hybridized carbons (Fsp3) is 0.500. The van der Waals surface area contributed by atoms with Gasteiger partial charge in [-0.3, -0.25) is 0 Å². The van der Waals surface area contributed by atoms with Gasteiger partial charge in [0.15, 0.2) is 7.58 Å². The van der Waals surface area contributed by atoms with Gasteiger partial charge in [0.2, 0.25) is 7.58 Å². The summed E-state index contributed by atoms with van der Waals surface area (Å²) >= 11 is 23.8. The van der Waals surface area contributed by atoms with Crippen LogP contribution in [0.15, 0.2) is 4.52 Å². The summed E-state index contributed by atoms with van der Waals surface area (Å²) in [6.07, 6.45) is 0. The molecule has 1 aliphatic heterocycles. The Kier molecular flexibility index (Phi) is 5.30. The molecule has 1 rings (SSSR count). The van der Waals surface area contributed by atoms with Crippen LogP contribution in [0.1, 0.15) is 6.92 Å². The highest BCUT2D eigenvalue weighted by atomic mass is 35.7. The second-order valence-electron chi connectivity index (χ2n) is 2.33. The summed E-state index contributed by atoms with van der Waals surface area (Å²) in [6, 6.07) is 0. The van der Waals surface area contributed by atoms with Crippen LogP contribution in [0.2, 0.25) is 0 Å². The van der Waals surface area contributed by atoms with Gasteiger partial charge in [-0.15, -0.1) is 7.92 Å². The van der Waals surface area contributed by atoms with Crippen molar-refractivity contribution >= 4 is 68.4 Å². The molecule has 0 spiro atoms. The summed E-state index contributed by atoms with van der Waals surface area (Å²) in [7, 11) is -4.71. The lowest BCUT2D eigenvalue weighted by Gasteiger charge is -2.35. The van der Waals surface area contributed by atoms with Crippen LogP contribution in [-0.2, 0) is 0 Å². The molecule has 0 amide bonds. The van der Waals surface area contributed by atoms with Gasteiger partial charge in [-0.05, 0) is 54.0 Å². The Morgan fingerprint density at radius 3 is 2.43 bits per heavy atom. The van der Waals surface area contributed by atoms with E-state index < -0.39 is 22.4 Å². The highest BCUT2D eigenvalue weighted by Crippen LogP contribution is 2.80. The molecular weight excluding hydrogens is 325 g/mol. The van der Waals surface area contributed by atoms with Crippen molar-refractivity contribution in [3.05, 3.63) is 0 Å². The average molecular weight is 331 g/mol. The first-order valence-corrected chi connectivity index (χ1v) is 10.4. The first-order chi connectivity index (χ1) is 6.42. The van der Waals surface area contributed by atoms with E-state index >= 15 is 0 Å². The van der Waals surface area contributed by atoms with E-state index in [1.54, 1.807) is 6.92 Å². The van der Waals surface area contributed by atoms with Gasteiger partial charge in [0, 0.05) is 0 Å². The molecule has 0 saturated heterocycles. The van der Waals surface area contributed by atoms with Crippen molar-refractivity contribution in [2.75, 3.05) is 6.66 Å². The summed E-state index contributed by atoms with van der Waals surface area (Å²) in [5, 5.41) is 0. The van der Waals surface area contributed by atoms with Crippen LogP contribution in [0.25, 0.3) is 0 Å². The predicted octanol–water partition coefficient (Wildman–Crippen LogP) is 5.57. The summed E-state index contributed by atoms with van der Waals surface area (Å²) in [5.74, 6) is 2.79. The van der Waals surface area contributed by atoms with Crippen molar-refractivity contribution in [1.29, 1.82) is 0 Å². The minimum absolute atomic E-state index is 1.26. The standard InChI is InChI=1S/C4H6Cl4N3P3/c1-3-4-14(2)9-12(7)10(5)13(8)11(14)6/h1-2H3. The SMILES string of the molecule is CC#CP1(C)=NP(Cl)N(Cl)P(Cl)N1Cl. The maximum absolute atomic E-state index is 6.02. The molecule has 0 N–H and O–H groups in total. The highest BCUT2D eigenvalue weighted by molar-refractivity contribution is 8.03. The normalized spacial score (nSPS) is 39.9. The fourth-order valence-electron chi connectivity index (χ4n) is 0.751. The molecule has 0 aromatic rings. The Morgan fingerprint density at radius 2 is 1.93 bits per heavy atom. The Balaban J connectivity index is 3.17. The van der Waals surface area contributed by atoms with E-state index in [0.29, 0.717) is 0 Å². The van der Waals surface area contributed by atoms with Crippen LogP contribution in [0.5, 0.6) is 0 Å². The fourth-order valence-corrected chi connectivity index (χ4v) is 11.6. The summed E-state index contributed by atoms with van der Waals surface area (Å²) in [6.45, 7) is 3.58. The smallest absolute Gasteiger partial charge is 0.210 e. The van der Waals surface area contributed by atoms with Gasteiger partial charge in [0.05, 0.1) is 0 Å². The molecule has 0 fully saturated rings. The van der Waals surface area contributed by atoms with Crippen LogP contribution >= 0.6 is 68.4 Å². The summed E-state index contributed by atoms with van der Waals surface area (Å²) in [4.78, 5) is 0. The second-order valence-corrected chi connectivity index (χ2v) is 11.7. The van der Waals surface area contributed by atoms with Crippen molar-refractivity contribution in [1.82, 2.24) is 7.92 Å². The average Bonchev–Trinajstić information content (AvgIpc) is 2.12. The molecule has 0 aromatic carbocycles. The third-order valence-electron chi connectivity index (χ3n) is 1.30. The van der Waals surface area contributed by atoms with Crippen LogP contribution < -0.4 is 0 Å². The van der Waals surface area contributed by atoms with Crippen molar-refractivity contribution in [3.63, 3.8) is 0 Å².